The quantitative estimate of drug-likeness (QED) is 0.733. The molecule has 0 aromatic heterocycles. The van der Waals surface area contributed by atoms with Crippen LogP contribution in [-0.4, -0.2) is 58.8 Å². The highest BCUT2D eigenvalue weighted by atomic mass is 32.2. The number of carbonyl (C=O) groups excluding carboxylic acids is 1. The summed E-state index contributed by atoms with van der Waals surface area (Å²) in [6, 6.07) is 9.78. The van der Waals surface area contributed by atoms with E-state index in [4.69, 9.17) is 18.9 Å². The Bertz CT molecular complexity index is 1050. The minimum absolute atomic E-state index is 0.0392. The second-order valence-corrected chi connectivity index (χ2v) is 8.66. The highest BCUT2D eigenvalue weighted by molar-refractivity contribution is 7.89. The Morgan fingerprint density at radius 1 is 1.10 bits per heavy atom. The van der Waals surface area contributed by atoms with Crippen molar-refractivity contribution in [3.05, 3.63) is 47.5 Å². The maximum atomic E-state index is 13.1. The maximum absolute atomic E-state index is 13.1. The molecule has 2 aromatic carbocycles. The summed E-state index contributed by atoms with van der Waals surface area (Å²) in [6.45, 7) is 1.61. The molecular weight excluding hydrogens is 412 g/mol. The maximum Gasteiger partial charge on any atom is 0.251 e. The van der Waals surface area contributed by atoms with Crippen molar-refractivity contribution < 1.29 is 32.2 Å². The number of hydrogen-bond donors (Lipinski definition) is 1. The smallest absolute Gasteiger partial charge is 0.251 e. The number of benzene rings is 2. The van der Waals surface area contributed by atoms with Crippen LogP contribution in [0.1, 0.15) is 15.9 Å². The van der Waals surface area contributed by atoms with Crippen molar-refractivity contribution in [1.29, 1.82) is 0 Å². The number of sulfonamides is 1. The molecule has 160 valence electrons. The van der Waals surface area contributed by atoms with E-state index in [1.54, 1.807) is 12.1 Å². The monoisotopic (exact) mass is 434 g/mol. The average molecular weight is 434 g/mol. The van der Waals surface area contributed by atoms with Crippen molar-refractivity contribution >= 4 is 15.9 Å². The Morgan fingerprint density at radius 2 is 1.87 bits per heavy atom. The third kappa shape index (κ3) is 4.07. The molecule has 10 heteroatoms. The van der Waals surface area contributed by atoms with Crippen LogP contribution in [0.5, 0.6) is 17.2 Å². The Balaban J connectivity index is 1.52. The fraction of sp³-hybridized carbons (Fsp3) is 0.350. The standard InChI is InChI=1S/C20H22N2O7S/c1-26-17-5-3-15(11-19(17)30(24,25)22-6-8-27-9-7-22)20(23)21-12-14-2-4-16-18(10-14)29-13-28-16/h2-5,10-11H,6-9,12-13H2,1H3,(H,21,23). The van der Waals surface area contributed by atoms with Crippen molar-refractivity contribution in [1.82, 2.24) is 9.62 Å². The number of morpholine rings is 1. The van der Waals surface area contributed by atoms with Crippen LogP contribution < -0.4 is 19.5 Å². The van der Waals surface area contributed by atoms with E-state index in [-0.39, 0.29) is 42.6 Å². The van der Waals surface area contributed by atoms with Crippen LogP contribution in [0.25, 0.3) is 0 Å². The lowest BCUT2D eigenvalue weighted by atomic mass is 10.1. The van der Waals surface area contributed by atoms with Gasteiger partial charge in [-0.1, -0.05) is 6.07 Å². The van der Waals surface area contributed by atoms with Crippen LogP contribution in [0.3, 0.4) is 0 Å². The molecule has 1 saturated heterocycles. The number of carbonyl (C=O) groups is 1. The van der Waals surface area contributed by atoms with Gasteiger partial charge in [-0.2, -0.15) is 4.31 Å². The summed E-state index contributed by atoms with van der Waals surface area (Å²) in [5, 5.41) is 2.80. The van der Waals surface area contributed by atoms with Crippen molar-refractivity contribution in [2.24, 2.45) is 0 Å². The predicted molar refractivity (Wildman–Crippen MR) is 106 cm³/mol. The van der Waals surface area contributed by atoms with Gasteiger partial charge < -0.3 is 24.3 Å². The van der Waals surface area contributed by atoms with Crippen molar-refractivity contribution in [3.8, 4) is 17.2 Å². The van der Waals surface area contributed by atoms with Gasteiger partial charge in [-0.3, -0.25) is 4.79 Å². The number of rotatable bonds is 6. The molecule has 0 radical (unpaired) electrons. The molecule has 0 bridgehead atoms. The number of fused-ring (bicyclic) bond motifs is 1. The topological polar surface area (TPSA) is 103 Å². The molecule has 0 saturated carbocycles. The fourth-order valence-corrected chi connectivity index (χ4v) is 4.87. The Morgan fingerprint density at radius 3 is 2.63 bits per heavy atom. The predicted octanol–water partition coefficient (Wildman–Crippen LogP) is 1.37. The molecule has 30 heavy (non-hydrogen) atoms. The summed E-state index contributed by atoms with van der Waals surface area (Å²) in [5.74, 6) is 1.09. The zero-order valence-corrected chi connectivity index (χ0v) is 17.2. The third-order valence-electron chi connectivity index (χ3n) is 4.90. The first-order chi connectivity index (χ1) is 14.5. The van der Waals surface area contributed by atoms with Crippen molar-refractivity contribution in [3.63, 3.8) is 0 Å². The molecule has 2 heterocycles. The van der Waals surface area contributed by atoms with E-state index in [0.717, 1.165) is 5.56 Å². The second kappa shape index (κ2) is 8.50. The lowest BCUT2D eigenvalue weighted by Gasteiger charge is -2.26. The number of nitrogens with one attached hydrogen (secondary N) is 1. The lowest BCUT2D eigenvalue weighted by Crippen LogP contribution is -2.40. The molecule has 0 unspecified atom stereocenters. The van der Waals surface area contributed by atoms with Gasteiger partial charge in [-0.15, -0.1) is 0 Å². The summed E-state index contributed by atoms with van der Waals surface area (Å²) in [6.07, 6.45) is 0. The molecule has 0 atom stereocenters. The highest BCUT2D eigenvalue weighted by Gasteiger charge is 2.30. The van der Waals surface area contributed by atoms with Crippen LogP contribution in [0, 0.1) is 0 Å². The number of hydrogen-bond acceptors (Lipinski definition) is 7. The third-order valence-corrected chi connectivity index (χ3v) is 6.82. The molecule has 1 fully saturated rings. The number of methoxy groups -OCH3 is 1. The van der Waals surface area contributed by atoms with Gasteiger partial charge in [0, 0.05) is 25.2 Å². The number of ether oxygens (including phenoxy) is 4. The molecule has 2 aromatic rings. The van der Waals surface area contributed by atoms with Crippen LogP contribution in [0.2, 0.25) is 0 Å². The van der Waals surface area contributed by atoms with E-state index >= 15 is 0 Å². The van der Waals surface area contributed by atoms with Crippen molar-refractivity contribution in [2.45, 2.75) is 11.4 Å². The summed E-state index contributed by atoms with van der Waals surface area (Å²) >= 11 is 0. The van der Waals surface area contributed by atoms with Crippen LogP contribution in [0.4, 0.5) is 0 Å². The SMILES string of the molecule is COc1ccc(C(=O)NCc2ccc3c(c2)OCO3)cc1S(=O)(=O)N1CCOCC1. The lowest BCUT2D eigenvalue weighted by molar-refractivity contribution is 0.0729. The molecular formula is C20H22N2O7S. The molecule has 4 rings (SSSR count). The molecule has 1 N–H and O–H groups in total. The first-order valence-corrected chi connectivity index (χ1v) is 10.9. The zero-order valence-electron chi connectivity index (χ0n) is 16.4. The van der Waals surface area contributed by atoms with Crippen LogP contribution >= 0.6 is 0 Å². The molecule has 1 amide bonds. The molecule has 0 aliphatic carbocycles. The van der Waals surface area contributed by atoms with Gasteiger partial charge in [0.15, 0.2) is 11.5 Å². The zero-order chi connectivity index (χ0) is 21.1. The van der Waals surface area contributed by atoms with E-state index < -0.39 is 15.9 Å². The van der Waals surface area contributed by atoms with E-state index in [1.807, 2.05) is 6.07 Å². The van der Waals surface area contributed by atoms with Gasteiger partial charge in [0.1, 0.15) is 10.6 Å². The van der Waals surface area contributed by atoms with E-state index in [0.29, 0.717) is 24.7 Å². The molecule has 2 aliphatic rings. The van der Waals surface area contributed by atoms with Gasteiger partial charge in [0.25, 0.3) is 5.91 Å². The van der Waals surface area contributed by atoms with Gasteiger partial charge in [-0.25, -0.2) is 8.42 Å². The summed E-state index contributed by atoms with van der Waals surface area (Å²) < 4.78 is 48.5. The van der Waals surface area contributed by atoms with Crippen LogP contribution in [-0.2, 0) is 21.3 Å². The van der Waals surface area contributed by atoms with Crippen molar-refractivity contribution in [2.75, 3.05) is 40.2 Å². The summed E-state index contributed by atoms with van der Waals surface area (Å²) in [4.78, 5) is 12.6. The average Bonchev–Trinajstić information content (AvgIpc) is 3.25. The molecule has 2 aliphatic heterocycles. The highest BCUT2D eigenvalue weighted by Crippen LogP contribution is 2.32. The van der Waals surface area contributed by atoms with Crippen LogP contribution in [0.15, 0.2) is 41.3 Å². The first kappa shape index (κ1) is 20.5. The molecule has 0 spiro atoms. The van der Waals surface area contributed by atoms with Gasteiger partial charge >= 0.3 is 0 Å². The fourth-order valence-electron chi connectivity index (χ4n) is 3.28. The Labute approximate surface area is 174 Å². The van der Waals surface area contributed by atoms with Gasteiger partial charge in [-0.05, 0) is 35.9 Å². The normalized spacial score (nSPS) is 16.3. The second-order valence-electron chi connectivity index (χ2n) is 6.75. The summed E-state index contributed by atoms with van der Waals surface area (Å²) in [7, 11) is -2.42. The summed E-state index contributed by atoms with van der Waals surface area (Å²) in [5.41, 5.74) is 1.06. The van der Waals surface area contributed by atoms with E-state index in [9.17, 15) is 13.2 Å². The molecule has 9 nitrogen and oxygen atoms in total. The Kier molecular flexibility index (Phi) is 5.80. The first-order valence-electron chi connectivity index (χ1n) is 9.42. The van der Waals surface area contributed by atoms with Gasteiger partial charge in [0.05, 0.1) is 20.3 Å². The van der Waals surface area contributed by atoms with E-state index in [1.165, 1.54) is 29.6 Å². The largest absolute Gasteiger partial charge is 0.495 e. The van der Waals surface area contributed by atoms with E-state index in [2.05, 4.69) is 5.32 Å². The Hall–Kier alpha value is -2.82. The minimum Gasteiger partial charge on any atom is -0.495 e. The number of nitrogens with zero attached hydrogens (tertiary/aromatic N) is 1. The van der Waals surface area contributed by atoms with Gasteiger partial charge in [0.2, 0.25) is 16.8 Å². The number of amides is 1. The minimum atomic E-state index is -3.82.